The van der Waals surface area contributed by atoms with Gasteiger partial charge in [-0.2, -0.15) is 4.68 Å². The van der Waals surface area contributed by atoms with Crippen molar-refractivity contribution < 1.29 is 4.42 Å². The van der Waals surface area contributed by atoms with Crippen LogP contribution in [0.25, 0.3) is 16.5 Å². The zero-order valence-corrected chi connectivity index (χ0v) is 16.0. The van der Waals surface area contributed by atoms with Gasteiger partial charge < -0.3 is 4.42 Å². The van der Waals surface area contributed by atoms with Crippen LogP contribution in [0.4, 0.5) is 0 Å². The topological polar surface area (TPSA) is 82.5 Å². The molecular formula is C18H16N6OS2. The number of benzene rings is 1. The van der Waals surface area contributed by atoms with Crippen LogP contribution in [0.5, 0.6) is 0 Å². The van der Waals surface area contributed by atoms with E-state index in [-0.39, 0.29) is 0 Å². The number of fused-ring (bicyclic) bond motifs is 1. The van der Waals surface area contributed by atoms with Gasteiger partial charge in [-0.15, -0.1) is 26.6 Å². The number of aromatic nitrogens is 6. The SMILES string of the molecule is c1ccc(-n2nnnc2SCc2nnc(-c3cc4c(s3)CCCC4)o2)cc1. The number of rotatable bonds is 5. The molecule has 1 aromatic carbocycles. The van der Waals surface area contributed by atoms with Gasteiger partial charge in [0.2, 0.25) is 11.0 Å². The molecule has 0 radical (unpaired) electrons. The minimum absolute atomic E-state index is 0.519. The first kappa shape index (κ1) is 16.6. The van der Waals surface area contributed by atoms with E-state index in [2.05, 4.69) is 31.8 Å². The van der Waals surface area contributed by atoms with E-state index in [1.807, 2.05) is 30.3 Å². The van der Waals surface area contributed by atoms with Gasteiger partial charge in [0.15, 0.2) is 0 Å². The highest BCUT2D eigenvalue weighted by atomic mass is 32.2. The molecule has 7 nitrogen and oxygen atoms in total. The minimum Gasteiger partial charge on any atom is -0.419 e. The van der Waals surface area contributed by atoms with Crippen molar-refractivity contribution in [3.8, 4) is 16.5 Å². The molecule has 9 heteroatoms. The Morgan fingerprint density at radius 1 is 1.07 bits per heavy atom. The van der Waals surface area contributed by atoms with Crippen molar-refractivity contribution in [3.05, 3.63) is 52.7 Å². The average molecular weight is 397 g/mol. The zero-order chi connectivity index (χ0) is 18.1. The molecule has 0 fully saturated rings. The zero-order valence-electron chi connectivity index (χ0n) is 14.4. The summed E-state index contributed by atoms with van der Waals surface area (Å²) in [6, 6.07) is 12.0. The summed E-state index contributed by atoms with van der Waals surface area (Å²) in [6.07, 6.45) is 4.86. The van der Waals surface area contributed by atoms with Crippen LogP contribution in [-0.2, 0) is 18.6 Å². The molecule has 1 aliphatic carbocycles. The van der Waals surface area contributed by atoms with Gasteiger partial charge in [-0.1, -0.05) is 30.0 Å². The molecule has 1 aliphatic rings. The van der Waals surface area contributed by atoms with Crippen molar-refractivity contribution in [3.63, 3.8) is 0 Å². The van der Waals surface area contributed by atoms with Crippen LogP contribution in [0.2, 0.25) is 0 Å². The molecule has 0 atom stereocenters. The van der Waals surface area contributed by atoms with Crippen molar-refractivity contribution in [2.24, 2.45) is 0 Å². The predicted molar refractivity (Wildman–Crippen MR) is 103 cm³/mol. The molecule has 5 rings (SSSR count). The fourth-order valence-corrected chi connectivity index (χ4v) is 5.04. The number of nitrogens with zero attached hydrogens (tertiary/aromatic N) is 6. The molecule has 0 bridgehead atoms. The lowest BCUT2D eigenvalue weighted by Gasteiger charge is -2.08. The van der Waals surface area contributed by atoms with Crippen LogP contribution >= 0.6 is 23.1 Å². The molecule has 0 saturated carbocycles. The molecule has 27 heavy (non-hydrogen) atoms. The first-order valence-electron chi connectivity index (χ1n) is 8.78. The summed E-state index contributed by atoms with van der Waals surface area (Å²) in [5.74, 6) is 1.70. The van der Waals surface area contributed by atoms with E-state index in [1.54, 1.807) is 16.0 Å². The molecule has 4 aromatic rings. The lowest BCUT2D eigenvalue weighted by atomic mass is 9.99. The molecule has 3 heterocycles. The normalized spacial score (nSPS) is 13.6. The van der Waals surface area contributed by atoms with E-state index >= 15 is 0 Å². The first-order chi connectivity index (χ1) is 13.4. The lowest BCUT2D eigenvalue weighted by molar-refractivity contribution is 0.529. The summed E-state index contributed by atoms with van der Waals surface area (Å²) in [6.45, 7) is 0. The summed E-state index contributed by atoms with van der Waals surface area (Å²) < 4.78 is 7.58. The molecule has 0 spiro atoms. The largest absolute Gasteiger partial charge is 0.419 e. The van der Waals surface area contributed by atoms with E-state index < -0.39 is 0 Å². The molecule has 0 saturated heterocycles. The highest BCUT2D eigenvalue weighted by Gasteiger charge is 2.18. The van der Waals surface area contributed by atoms with Crippen molar-refractivity contribution >= 4 is 23.1 Å². The first-order valence-corrected chi connectivity index (χ1v) is 10.6. The Labute approximate surface area is 163 Å². The third-order valence-electron chi connectivity index (χ3n) is 4.44. The maximum Gasteiger partial charge on any atom is 0.257 e. The number of hydrogen-bond donors (Lipinski definition) is 0. The number of thiophene rings is 1. The van der Waals surface area contributed by atoms with Gasteiger partial charge in [-0.25, -0.2) is 0 Å². The second-order valence-electron chi connectivity index (χ2n) is 6.26. The summed E-state index contributed by atoms with van der Waals surface area (Å²) in [4.78, 5) is 2.53. The molecule has 0 unspecified atom stereocenters. The molecule has 0 N–H and O–H groups in total. The van der Waals surface area contributed by atoms with E-state index in [0.29, 0.717) is 22.7 Å². The Kier molecular flexibility index (Phi) is 4.46. The highest BCUT2D eigenvalue weighted by molar-refractivity contribution is 7.98. The van der Waals surface area contributed by atoms with Crippen LogP contribution < -0.4 is 0 Å². The Hall–Kier alpha value is -2.52. The Balaban J connectivity index is 1.31. The third-order valence-corrected chi connectivity index (χ3v) is 6.57. The quantitative estimate of drug-likeness (QED) is 0.472. The lowest BCUT2D eigenvalue weighted by Crippen LogP contribution is -1.98. The Morgan fingerprint density at radius 2 is 1.96 bits per heavy atom. The number of hydrogen-bond acceptors (Lipinski definition) is 8. The highest BCUT2D eigenvalue weighted by Crippen LogP contribution is 2.35. The Morgan fingerprint density at radius 3 is 2.85 bits per heavy atom. The van der Waals surface area contributed by atoms with Gasteiger partial charge in [-0.05, 0) is 59.9 Å². The van der Waals surface area contributed by atoms with Crippen LogP contribution in [0.3, 0.4) is 0 Å². The molecule has 0 amide bonds. The molecular weight excluding hydrogens is 380 g/mol. The summed E-state index contributed by atoms with van der Waals surface area (Å²) in [5, 5.41) is 21.0. The number of aryl methyl sites for hydroxylation is 2. The smallest absolute Gasteiger partial charge is 0.257 e. The predicted octanol–water partition coefficient (Wildman–Crippen LogP) is 3.94. The van der Waals surface area contributed by atoms with Crippen molar-refractivity contribution in [1.82, 2.24) is 30.4 Å². The van der Waals surface area contributed by atoms with Crippen LogP contribution in [0, 0.1) is 0 Å². The van der Waals surface area contributed by atoms with Crippen molar-refractivity contribution in [2.75, 3.05) is 0 Å². The van der Waals surface area contributed by atoms with Crippen molar-refractivity contribution in [1.29, 1.82) is 0 Å². The second-order valence-corrected chi connectivity index (χ2v) is 8.34. The monoisotopic (exact) mass is 396 g/mol. The number of para-hydroxylation sites is 1. The van der Waals surface area contributed by atoms with Crippen LogP contribution in [-0.4, -0.2) is 30.4 Å². The van der Waals surface area contributed by atoms with Crippen LogP contribution in [0.15, 0.2) is 46.0 Å². The van der Waals surface area contributed by atoms with Gasteiger partial charge in [-0.3, -0.25) is 0 Å². The van der Waals surface area contributed by atoms with E-state index in [9.17, 15) is 0 Å². The minimum atomic E-state index is 0.519. The second kappa shape index (κ2) is 7.24. The Bertz CT molecular complexity index is 1030. The van der Waals surface area contributed by atoms with E-state index in [1.165, 1.54) is 41.5 Å². The average Bonchev–Trinajstić information content (AvgIpc) is 3.45. The summed E-state index contributed by atoms with van der Waals surface area (Å²) >= 11 is 3.25. The maximum atomic E-state index is 5.88. The fourth-order valence-electron chi connectivity index (χ4n) is 3.13. The number of tetrazole rings is 1. The van der Waals surface area contributed by atoms with Gasteiger partial charge in [0.25, 0.3) is 5.89 Å². The summed E-state index contributed by atoms with van der Waals surface area (Å²) in [5.41, 5.74) is 2.36. The van der Waals surface area contributed by atoms with Gasteiger partial charge in [0, 0.05) is 4.88 Å². The molecule has 136 valence electrons. The van der Waals surface area contributed by atoms with Gasteiger partial charge in [0.1, 0.15) is 0 Å². The van der Waals surface area contributed by atoms with Gasteiger partial charge >= 0.3 is 0 Å². The van der Waals surface area contributed by atoms with Gasteiger partial charge in [0.05, 0.1) is 16.3 Å². The van der Waals surface area contributed by atoms with Crippen LogP contribution in [0.1, 0.15) is 29.2 Å². The van der Waals surface area contributed by atoms with E-state index in [4.69, 9.17) is 4.42 Å². The maximum absolute atomic E-state index is 5.88. The third kappa shape index (κ3) is 3.40. The summed E-state index contributed by atoms with van der Waals surface area (Å²) in [7, 11) is 0. The molecule has 0 aliphatic heterocycles. The molecule has 3 aromatic heterocycles. The standard InChI is InChI=1S/C18H16N6OS2/c1-2-7-13(8-3-1)24-18(21-22-23-24)26-11-16-19-20-17(25-16)15-10-12-6-4-5-9-14(12)27-15/h1-3,7-8,10H,4-6,9,11H2. The van der Waals surface area contributed by atoms with Crippen molar-refractivity contribution in [2.45, 2.75) is 36.6 Å². The fraction of sp³-hybridized carbons (Fsp3) is 0.278. The van der Waals surface area contributed by atoms with E-state index in [0.717, 1.165) is 17.0 Å². The number of thioether (sulfide) groups is 1.